The Balaban J connectivity index is 2.15. The van der Waals surface area contributed by atoms with Gasteiger partial charge >= 0.3 is 0 Å². The van der Waals surface area contributed by atoms with Crippen molar-refractivity contribution in [3.8, 4) is 0 Å². The molecule has 0 spiro atoms. The molecule has 1 unspecified atom stereocenters. The molecule has 86 valence electrons. The van der Waals surface area contributed by atoms with E-state index < -0.39 is 0 Å². The second-order valence-electron chi connectivity index (χ2n) is 3.97. The topological polar surface area (TPSA) is 12.0 Å². The summed E-state index contributed by atoms with van der Waals surface area (Å²) < 4.78 is 1.01. The zero-order valence-electron chi connectivity index (χ0n) is 9.21. The van der Waals surface area contributed by atoms with Gasteiger partial charge in [-0.1, -0.05) is 46.8 Å². The zero-order chi connectivity index (χ0) is 11.4. The van der Waals surface area contributed by atoms with Crippen LogP contribution in [0, 0.1) is 0 Å². The molecule has 1 heterocycles. The van der Waals surface area contributed by atoms with E-state index in [9.17, 15) is 0 Å². The third kappa shape index (κ3) is 3.12. The van der Waals surface area contributed by atoms with Crippen LogP contribution in [0.15, 0.2) is 35.3 Å². The van der Waals surface area contributed by atoms with Gasteiger partial charge in [0.1, 0.15) is 0 Å². The Morgan fingerprint density at radius 2 is 2.31 bits per heavy atom. The van der Waals surface area contributed by atoms with Gasteiger partial charge in [-0.3, -0.25) is 0 Å². The van der Waals surface area contributed by atoms with Crippen LogP contribution < -0.4 is 5.32 Å². The van der Waals surface area contributed by atoms with Gasteiger partial charge in [0.05, 0.1) is 0 Å². The van der Waals surface area contributed by atoms with Crippen molar-refractivity contribution in [2.75, 3.05) is 18.1 Å². The largest absolute Gasteiger partial charge is 0.305 e. The summed E-state index contributed by atoms with van der Waals surface area (Å²) in [4.78, 5) is 0. The molecule has 1 aromatic rings. The fourth-order valence-electron chi connectivity index (χ4n) is 1.98. The number of nitrogens with one attached hydrogen (secondary N) is 1. The Kier molecular flexibility index (Phi) is 4.50. The molecule has 1 aliphatic heterocycles. The van der Waals surface area contributed by atoms with Crippen molar-refractivity contribution in [1.82, 2.24) is 5.32 Å². The maximum Gasteiger partial charge on any atom is 0.0417 e. The van der Waals surface area contributed by atoms with E-state index in [1.165, 1.54) is 23.3 Å². The normalized spacial score (nSPS) is 19.9. The second kappa shape index (κ2) is 5.89. The van der Waals surface area contributed by atoms with Gasteiger partial charge in [-0.25, -0.2) is 0 Å². The molecular formula is C13H16BrNS. The fourth-order valence-corrected chi connectivity index (χ4v) is 3.20. The van der Waals surface area contributed by atoms with E-state index in [0.717, 1.165) is 16.8 Å². The van der Waals surface area contributed by atoms with Gasteiger partial charge in [-0.15, -0.1) is 0 Å². The molecular weight excluding hydrogens is 282 g/mol. The van der Waals surface area contributed by atoms with Gasteiger partial charge < -0.3 is 5.32 Å². The lowest BCUT2D eigenvalue weighted by Gasteiger charge is -2.18. The SMILES string of the molecule is C=C(Br)CNC1CSCCc2ccccc21. The van der Waals surface area contributed by atoms with Crippen molar-refractivity contribution in [3.63, 3.8) is 0 Å². The van der Waals surface area contributed by atoms with E-state index in [0.29, 0.717) is 6.04 Å². The third-order valence-electron chi connectivity index (χ3n) is 2.77. The highest BCUT2D eigenvalue weighted by Crippen LogP contribution is 2.27. The number of halogens is 1. The number of benzene rings is 1. The predicted molar refractivity (Wildman–Crippen MR) is 76.3 cm³/mol. The second-order valence-corrected chi connectivity index (χ2v) is 6.25. The third-order valence-corrected chi connectivity index (χ3v) is 4.11. The summed E-state index contributed by atoms with van der Waals surface area (Å²) in [6, 6.07) is 9.22. The Morgan fingerprint density at radius 3 is 3.12 bits per heavy atom. The first-order valence-electron chi connectivity index (χ1n) is 5.49. The minimum atomic E-state index is 0.456. The molecule has 0 saturated heterocycles. The molecule has 16 heavy (non-hydrogen) atoms. The van der Waals surface area contributed by atoms with Crippen molar-refractivity contribution >= 4 is 27.7 Å². The van der Waals surface area contributed by atoms with E-state index >= 15 is 0 Å². The van der Waals surface area contributed by atoms with Crippen LogP contribution >= 0.6 is 27.7 Å². The van der Waals surface area contributed by atoms with Crippen LogP contribution in [-0.4, -0.2) is 18.1 Å². The maximum atomic E-state index is 3.87. The van der Waals surface area contributed by atoms with Gasteiger partial charge in [0.25, 0.3) is 0 Å². The average molecular weight is 298 g/mol. The highest BCUT2D eigenvalue weighted by atomic mass is 79.9. The monoisotopic (exact) mass is 297 g/mol. The van der Waals surface area contributed by atoms with E-state index in [1.54, 1.807) is 0 Å². The number of aryl methyl sites for hydroxylation is 1. The molecule has 1 N–H and O–H groups in total. The number of thioether (sulfide) groups is 1. The minimum absolute atomic E-state index is 0.456. The standard InChI is InChI=1S/C13H16BrNS/c1-10(14)8-15-13-9-16-7-6-11-4-2-3-5-12(11)13/h2-5,13,15H,1,6-9H2. The summed E-state index contributed by atoms with van der Waals surface area (Å²) in [7, 11) is 0. The summed E-state index contributed by atoms with van der Waals surface area (Å²) in [5.74, 6) is 2.38. The Bertz CT molecular complexity index is 378. The zero-order valence-corrected chi connectivity index (χ0v) is 11.6. The van der Waals surface area contributed by atoms with Gasteiger partial charge in [0.2, 0.25) is 0 Å². The van der Waals surface area contributed by atoms with E-state index in [1.807, 2.05) is 11.8 Å². The van der Waals surface area contributed by atoms with Crippen LogP contribution in [0.2, 0.25) is 0 Å². The number of rotatable bonds is 3. The molecule has 1 aliphatic rings. The molecule has 0 fully saturated rings. The Morgan fingerprint density at radius 1 is 1.50 bits per heavy atom. The lowest BCUT2D eigenvalue weighted by Crippen LogP contribution is -2.24. The number of fused-ring (bicyclic) bond motifs is 1. The molecule has 2 rings (SSSR count). The highest BCUT2D eigenvalue weighted by Gasteiger charge is 2.17. The lowest BCUT2D eigenvalue weighted by molar-refractivity contribution is 0.622. The predicted octanol–water partition coefficient (Wildman–Crippen LogP) is 3.52. The molecule has 0 bridgehead atoms. The molecule has 3 heteroatoms. The summed E-state index contributed by atoms with van der Waals surface area (Å²) >= 11 is 5.42. The first-order valence-corrected chi connectivity index (χ1v) is 7.44. The molecule has 0 radical (unpaired) electrons. The Labute approximate surface area is 110 Å². The van der Waals surface area contributed by atoms with E-state index in [4.69, 9.17) is 0 Å². The quantitative estimate of drug-likeness (QED) is 0.916. The molecule has 0 aliphatic carbocycles. The van der Waals surface area contributed by atoms with E-state index in [2.05, 4.69) is 52.1 Å². The highest BCUT2D eigenvalue weighted by molar-refractivity contribution is 9.11. The molecule has 1 atom stereocenters. The van der Waals surface area contributed by atoms with Crippen molar-refractivity contribution in [3.05, 3.63) is 46.5 Å². The van der Waals surface area contributed by atoms with Crippen molar-refractivity contribution in [2.24, 2.45) is 0 Å². The van der Waals surface area contributed by atoms with Crippen LogP contribution in [0.1, 0.15) is 17.2 Å². The van der Waals surface area contributed by atoms with Gasteiger partial charge in [0, 0.05) is 22.8 Å². The molecule has 0 aromatic heterocycles. The summed E-state index contributed by atoms with van der Waals surface area (Å²) in [6.07, 6.45) is 1.19. The van der Waals surface area contributed by atoms with E-state index in [-0.39, 0.29) is 0 Å². The van der Waals surface area contributed by atoms with Crippen LogP contribution in [0.25, 0.3) is 0 Å². The molecule has 0 saturated carbocycles. The maximum absolute atomic E-state index is 3.87. The summed E-state index contributed by atoms with van der Waals surface area (Å²) in [5.41, 5.74) is 2.95. The van der Waals surface area contributed by atoms with Crippen LogP contribution in [0.3, 0.4) is 0 Å². The van der Waals surface area contributed by atoms with Gasteiger partial charge in [-0.05, 0) is 23.3 Å². The molecule has 1 aromatic carbocycles. The fraction of sp³-hybridized carbons (Fsp3) is 0.385. The number of hydrogen-bond donors (Lipinski definition) is 1. The lowest BCUT2D eigenvalue weighted by atomic mass is 10.00. The summed E-state index contributed by atoms with van der Waals surface area (Å²) in [5, 5.41) is 3.55. The Hall–Kier alpha value is -0.250. The van der Waals surface area contributed by atoms with Gasteiger partial charge in [0.15, 0.2) is 0 Å². The van der Waals surface area contributed by atoms with Crippen molar-refractivity contribution in [1.29, 1.82) is 0 Å². The average Bonchev–Trinajstić information content (AvgIpc) is 2.48. The van der Waals surface area contributed by atoms with Crippen LogP contribution in [-0.2, 0) is 6.42 Å². The number of hydrogen-bond acceptors (Lipinski definition) is 2. The van der Waals surface area contributed by atoms with Crippen LogP contribution in [0.4, 0.5) is 0 Å². The minimum Gasteiger partial charge on any atom is -0.305 e. The molecule has 1 nitrogen and oxygen atoms in total. The molecule has 0 amide bonds. The first-order chi connectivity index (χ1) is 7.77. The first kappa shape index (κ1) is 12.2. The summed E-state index contributed by atoms with van der Waals surface area (Å²) in [6.45, 7) is 4.70. The van der Waals surface area contributed by atoms with Crippen molar-refractivity contribution < 1.29 is 0 Å². The smallest absolute Gasteiger partial charge is 0.0417 e. The van der Waals surface area contributed by atoms with Crippen molar-refractivity contribution in [2.45, 2.75) is 12.5 Å². The van der Waals surface area contributed by atoms with Gasteiger partial charge in [-0.2, -0.15) is 11.8 Å². The van der Waals surface area contributed by atoms with Crippen LogP contribution in [0.5, 0.6) is 0 Å².